The van der Waals surface area contributed by atoms with Gasteiger partial charge < -0.3 is 14.8 Å². The highest BCUT2D eigenvalue weighted by molar-refractivity contribution is 7.89. The van der Waals surface area contributed by atoms with Crippen molar-refractivity contribution < 1.29 is 27.5 Å². The average molecular weight is 369 g/mol. The van der Waals surface area contributed by atoms with Gasteiger partial charge in [0.1, 0.15) is 5.54 Å². The van der Waals surface area contributed by atoms with Crippen molar-refractivity contribution in [3.63, 3.8) is 0 Å². The lowest BCUT2D eigenvalue weighted by atomic mass is 9.89. The molecule has 1 spiro atoms. The maximum absolute atomic E-state index is 12.8. The number of piperidine rings is 1. The lowest BCUT2D eigenvalue weighted by Crippen LogP contribution is -2.55. The highest BCUT2D eigenvalue weighted by atomic mass is 32.2. The minimum Gasteiger partial charge on any atom is -0.493 e. The SMILES string of the molecule is COc1ccc(S(=O)(=O)N2CCC3(CC2)NC(=O)NC3=O)cc1OC. The van der Waals surface area contributed by atoms with Crippen molar-refractivity contribution in [1.29, 1.82) is 0 Å². The molecule has 2 saturated heterocycles. The molecule has 2 aliphatic heterocycles. The number of urea groups is 1. The number of amides is 3. The first-order valence-electron chi connectivity index (χ1n) is 7.68. The number of carbonyl (C=O) groups is 2. The summed E-state index contributed by atoms with van der Waals surface area (Å²) in [6, 6.07) is 3.84. The Morgan fingerprint density at radius 1 is 1.08 bits per heavy atom. The maximum Gasteiger partial charge on any atom is 0.322 e. The molecule has 2 aliphatic rings. The first kappa shape index (κ1) is 17.5. The minimum atomic E-state index is -3.74. The van der Waals surface area contributed by atoms with Gasteiger partial charge in [-0.2, -0.15) is 4.31 Å². The van der Waals surface area contributed by atoms with Crippen LogP contribution in [0.4, 0.5) is 4.79 Å². The molecule has 0 atom stereocenters. The zero-order valence-corrected chi connectivity index (χ0v) is 14.7. The van der Waals surface area contributed by atoms with Crippen LogP contribution in [0.2, 0.25) is 0 Å². The molecular weight excluding hydrogens is 350 g/mol. The number of nitrogens with one attached hydrogen (secondary N) is 2. The van der Waals surface area contributed by atoms with E-state index >= 15 is 0 Å². The van der Waals surface area contributed by atoms with Gasteiger partial charge >= 0.3 is 6.03 Å². The molecule has 0 saturated carbocycles. The summed E-state index contributed by atoms with van der Waals surface area (Å²) >= 11 is 0. The van der Waals surface area contributed by atoms with Crippen LogP contribution in [-0.2, 0) is 14.8 Å². The van der Waals surface area contributed by atoms with Crippen molar-refractivity contribution in [3.05, 3.63) is 18.2 Å². The van der Waals surface area contributed by atoms with Gasteiger partial charge in [0.25, 0.3) is 5.91 Å². The van der Waals surface area contributed by atoms with Crippen molar-refractivity contribution >= 4 is 22.0 Å². The van der Waals surface area contributed by atoms with Crippen molar-refractivity contribution in [1.82, 2.24) is 14.9 Å². The molecule has 0 unspecified atom stereocenters. The molecule has 0 bridgehead atoms. The Bertz CT molecular complexity index is 815. The van der Waals surface area contributed by atoms with Gasteiger partial charge in [0.15, 0.2) is 11.5 Å². The second-order valence-electron chi connectivity index (χ2n) is 5.91. The summed E-state index contributed by atoms with van der Waals surface area (Å²) in [6.07, 6.45) is 0.439. The molecule has 1 aromatic carbocycles. The molecule has 136 valence electrons. The zero-order chi connectivity index (χ0) is 18.2. The molecule has 0 aliphatic carbocycles. The van der Waals surface area contributed by atoms with E-state index in [9.17, 15) is 18.0 Å². The van der Waals surface area contributed by atoms with Crippen LogP contribution in [0.25, 0.3) is 0 Å². The van der Waals surface area contributed by atoms with Crippen LogP contribution >= 0.6 is 0 Å². The molecule has 1 aromatic rings. The van der Waals surface area contributed by atoms with E-state index in [0.717, 1.165) is 0 Å². The molecular formula is C15H19N3O6S. The molecule has 9 nitrogen and oxygen atoms in total. The van der Waals surface area contributed by atoms with E-state index in [1.54, 1.807) is 0 Å². The van der Waals surface area contributed by atoms with Gasteiger partial charge in [-0.25, -0.2) is 13.2 Å². The Labute approximate surface area is 145 Å². The summed E-state index contributed by atoms with van der Waals surface area (Å²) in [5, 5.41) is 4.81. The summed E-state index contributed by atoms with van der Waals surface area (Å²) in [7, 11) is -0.843. The van der Waals surface area contributed by atoms with E-state index in [4.69, 9.17) is 9.47 Å². The average Bonchev–Trinajstić information content (AvgIpc) is 2.87. The van der Waals surface area contributed by atoms with Crippen molar-refractivity contribution in [3.8, 4) is 11.5 Å². The second kappa shape index (κ2) is 6.19. The molecule has 0 radical (unpaired) electrons. The summed E-state index contributed by atoms with van der Waals surface area (Å²) in [5.41, 5.74) is -1.01. The van der Waals surface area contributed by atoms with Gasteiger partial charge in [-0.05, 0) is 25.0 Å². The number of nitrogens with zero attached hydrogens (tertiary/aromatic N) is 1. The maximum atomic E-state index is 12.8. The Hall–Kier alpha value is -2.33. The molecule has 2 fully saturated rings. The number of sulfonamides is 1. The van der Waals surface area contributed by atoms with E-state index in [1.807, 2.05) is 0 Å². The van der Waals surface area contributed by atoms with Gasteiger partial charge in [-0.3, -0.25) is 10.1 Å². The van der Waals surface area contributed by atoms with Crippen LogP contribution in [0, 0.1) is 0 Å². The fraction of sp³-hybridized carbons (Fsp3) is 0.467. The van der Waals surface area contributed by atoms with Crippen LogP contribution in [0.3, 0.4) is 0 Å². The highest BCUT2D eigenvalue weighted by Gasteiger charge is 2.49. The predicted octanol–water partition coefficient (Wildman–Crippen LogP) is 0.0665. The largest absolute Gasteiger partial charge is 0.493 e. The third-order valence-corrected chi connectivity index (χ3v) is 6.48. The van der Waals surface area contributed by atoms with Gasteiger partial charge in [-0.15, -0.1) is 0 Å². The molecule has 3 amide bonds. The van der Waals surface area contributed by atoms with Gasteiger partial charge in [0.2, 0.25) is 10.0 Å². The number of benzene rings is 1. The summed E-state index contributed by atoms with van der Waals surface area (Å²) in [5.74, 6) is 0.351. The van der Waals surface area contributed by atoms with Crippen molar-refractivity contribution in [2.24, 2.45) is 0 Å². The quantitative estimate of drug-likeness (QED) is 0.726. The number of hydrogen-bond donors (Lipinski definition) is 2. The topological polar surface area (TPSA) is 114 Å². The van der Waals surface area contributed by atoms with Crippen molar-refractivity contribution in [2.45, 2.75) is 23.3 Å². The Kier molecular flexibility index (Phi) is 4.33. The number of carbonyl (C=O) groups excluding carboxylic acids is 2. The summed E-state index contributed by atoms with van der Waals surface area (Å²) < 4.78 is 37.3. The Balaban J connectivity index is 1.81. The van der Waals surface area contributed by atoms with Crippen LogP contribution < -0.4 is 20.1 Å². The third-order valence-electron chi connectivity index (χ3n) is 4.58. The fourth-order valence-electron chi connectivity index (χ4n) is 3.11. The molecule has 10 heteroatoms. The number of ether oxygens (including phenoxy) is 2. The lowest BCUT2D eigenvalue weighted by Gasteiger charge is -2.36. The molecule has 0 aromatic heterocycles. The zero-order valence-electron chi connectivity index (χ0n) is 13.9. The van der Waals surface area contributed by atoms with Gasteiger partial charge in [0.05, 0.1) is 19.1 Å². The molecule has 2 N–H and O–H groups in total. The smallest absolute Gasteiger partial charge is 0.322 e. The van der Waals surface area contributed by atoms with Gasteiger partial charge in [0, 0.05) is 19.2 Å². The van der Waals surface area contributed by atoms with E-state index < -0.39 is 27.5 Å². The highest BCUT2D eigenvalue weighted by Crippen LogP contribution is 2.33. The first-order chi connectivity index (χ1) is 11.8. The van der Waals surface area contributed by atoms with E-state index in [1.165, 1.54) is 36.7 Å². The fourth-order valence-corrected chi connectivity index (χ4v) is 4.57. The van der Waals surface area contributed by atoms with Crippen LogP contribution in [-0.4, -0.2) is 57.5 Å². The lowest BCUT2D eigenvalue weighted by molar-refractivity contribution is -0.125. The van der Waals surface area contributed by atoms with Crippen molar-refractivity contribution in [2.75, 3.05) is 27.3 Å². The van der Waals surface area contributed by atoms with Crippen LogP contribution in [0.5, 0.6) is 11.5 Å². The normalized spacial score (nSPS) is 20.2. The molecule has 25 heavy (non-hydrogen) atoms. The van der Waals surface area contributed by atoms with Crippen LogP contribution in [0.15, 0.2) is 23.1 Å². The Morgan fingerprint density at radius 3 is 2.24 bits per heavy atom. The monoisotopic (exact) mass is 369 g/mol. The summed E-state index contributed by atoms with van der Waals surface area (Å²) in [4.78, 5) is 23.4. The minimum absolute atomic E-state index is 0.0843. The predicted molar refractivity (Wildman–Crippen MR) is 86.9 cm³/mol. The number of imide groups is 1. The first-order valence-corrected chi connectivity index (χ1v) is 9.12. The van der Waals surface area contributed by atoms with Gasteiger partial charge in [-0.1, -0.05) is 0 Å². The van der Waals surface area contributed by atoms with E-state index in [-0.39, 0.29) is 30.8 Å². The number of methoxy groups -OCH3 is 2. The van der Waals surface area contributed by atoms with Crippen LogP contribution in [0.1, 0.15) is 12.8 Å². The second-order valence-corrected chi connectivity index (χ2v) is 7.85. The third kappa shape index (κ3) is 2.91. The summed E-state index contributed by atoms with van der Waals surface area (Å²) in [6.45, 7) is 0.259. The standard InChI is InChI=1S/C15H19N3O6S/c1-23-11-4-3-10(9-12(11)24-2)25(21,22)18-7-5-15(6-8-18)13(19)16-14(20)17-15/h3-4,9H,5-8H2,1-2H3,(H2,16,17,19,20). The molecule has 3 rings (SSSR count). The molecule has 2 heterocycles. The number of hydrogen-bond acceptors (Lipinski definition) is 6. The van der Waals surface area contributed by atoms with E-state index in [2.05, 4.69) is 10.6 Å². The Morgan fingerprint density at radius 2 is 1.72 bits per heavy atom. The van der Waals surface area contributed by atoms with E-state index in [0.29, 0.717) is 11.5 Å². The number of rotatable bonds is 4.